The van der Waals surface area contributed by atoms with Gasteiger partial charge in [-0.15, -0.1) is 0 Å². The van der Waals surface area contributed by atoms with E-state index in [2.05, 4.69) is 5.32 Å². The number of hydrogen-bond donors (Lipinski definition) is 2. The van der Waals surface area contributed by atoms with E-state index in [1.54, 1.807) is 24.3 Å². The average molecular weight is 282 g/mol. The number of carbonyl (C=O) groups excluding carboxylic acids is 1. The summed E-state index contributed by atoms with van der Waals surface area (Å²) in [6, 6.07) is 8.54. The molecule has 4 atom stereocenters. The molecule has 1 saturated carbocycles. The molecule has 2 bridgehead atoms. The molecule has 1 aromatic rings. The number of fused-ring (bicyclic) bond motifs is 2. The first kappa shape index (κ1) is 13.4. The van der Waals surface area contributed by atoms with Gasteiger partial charge in [-0.25, -0.2) is 0 Å². The van der Waals surface area contributed by atoms with Crippen LogP contribution in [0.15, 0.2) is 36.4 Å². The molecular formula is C16H14N2O3. The molecule has 0 aromatic heterocycles. The fraction of sp³-hybridized carbons (Fsp3) is 0.312. The molecule has 0 heterocycles. The van der Waals surface area contributed by atoms with Gasteiger partial charge in [-0.1, -0.05) is 12.2 Å². The van der Waals surface area contributed by atoms with Crippen molar-refractivity contribution in [2.24, 2.45) is 23.7 Å². The van der Waals surface area contributed by atoms with Crippen LogP contribution in [0.3, 0.4) is 0 Å². The number of anilines is 1. The lowest BCUT2D eigenvalue weighted by Gasteiger charge is -2.23. The smallest absolute Gasteiger partial charge is 0.307 e. The van der Waals surface area contributed by atoms with Crippen molar-refractivity contribution in [2.75, 3.05) is 5.32 Å². The minimum atomic E-state index is -0.910. The summed E-state index contributed by atoms with van der Waals surface area (Å²) in [6.45, 7) is 0. The Balaban J connectivity index is 1.77. The first-order chi connectivity index (χ1) is 10.1. The van der Waals surface area contributed by atoms with Crippen LogP contribution in [0.25, 0.3) is 0 Å². The Hall–Kier alpha value is -2.61. The van der Waals surface area contributed by atoms with E-state index in [9.17, 15) is 14.7 Å². The highest BCUT2D eigenvalue weighted by molar-refractivity contribution is 5.96. The van der Waals surface area contributed by atoms with Gasteiger partial charge in [-0.05, 0) is 42.5 Å². The van der Waals surface area contributed by atoms with Crippen molar-refractivity contribution in [3.05, 3.63) is 42.0 Å². The van der Waals surface area contributed by atoms with E-state index in [1.165, 1.54) is 0 Å². The minimum Gasteiger partial charge on any atom is -0.481 e. The molecule has 5 nitrogen and oxygen atoms in total. The summed E-state index contributed by atoms with van der Waals surface area (Å²) in [5, 5.41) is 20.8. The number of nitriles is 1. The van der Waals surface area contributed by atoms with Crippen molar-refractivity contribution >= 4 is 17.6 Å². The second kappa shape index (κ2) is 5.06. The molecule has 2 unspecified atom stereocenters. The van der Waals surface area contributed by atoms with E-state index in [-0.39, 0.29) is 17.7 Å². The van der Waals surface area contributed by atoms with Crippen molar-refractivity contribution < 1.29 is 14.7 Å². The number of amides is 1. The Morgan fingerprint density at radius 1 is 1.14 bits per heavy atom. The van der Waals surface area contributed by atoms with E-state index in [1.807, 2.05) is 18.2 Å². The molecule has 1 fully saturated rings. The van der Waals surface area contributed by atoms with Gasteiger partial charge in [0.2, 0.25) is 5.91 Å². The lowest BCUT2D eigenvalue weighted by atomic mass is 9.82. The highest BCUT2D eigenvalue weighted by atomic mass is 16.4. The minimum absolute atomic E-state index is 0.00878. The van der Waals surface area contributed by atoms with Crippen LogP contribution in [0.4, 0.5) is 5.69 Å². The van der Waals surface area contributed by atoms with Crippen LogP contribution >= 0.6 is 0 Å². The molecule has 0 radical (unpaired) electrons. The Morgan fingerprint density at radius 3 is 2.33 bits per heavy atom. The van der Waals surface area contributed by atoms with E-state index in [4.69, 9.17) is 5.26 Å². The van der Waals surface area contributed by atoms with Crippen molar-refractivity contribution in [2.45, 2.75) is 6.42 Å². The topological polar surface area (TPSA) is 90.2 Å². The highest BCUT2D eigenvalue weighted by Crippen LogP contribution is 2.48. The van der Waals surface area contributed by atoms with Crippen molar-refractivity contribution in [1.29, 1.82) is 5.26 Å². The lowest BCUT2D eigenvalue weighted by molar-refractivity contribution is -0.146. The lowest BCUT2D eigenvalue weighted by Crippen LogP contribution is -2.36. The Labute approximate surface area is 121 Å². The standard InChI is InChI=1S/C16H14N2O3/c17-8-9-1-5-12(6-2-9)18-15(19)13-10-3-4-11(7-10)14(13)16(20)21/h1-6,10-11,13-14H,7H2,(H,18,19)(H,20,21)/t10?,11?,13-,14+/m0/s1. The highest BCUT2D eigenvalue weighted by Gasteiger charge is 2.51. The molecule has 1 amide bonds. The average Bonchev–Trinajstić information content (AvgIpc) is 3.08. The van der Waals surface area contributed by atoms with Crippen LogP contribution in [0.1, 0.15) is 12.0 Å². The fourth-order valence-corrected chi connectivity index (χ4v) is 3.37. The van der Waals surface area contributed by atoms with Gasteiger partial charge in [0.1, 0.15) is 0 Å². The number of aliphatic carboxylic acids is 1. The number of hydrogen-bond acceptors (Lipinski definition) is 3. The predicted octanol–water partition coefficient (Wildman–Crippen LogP) is 2.02. The zero-order chi connectivity index (χ0) is 15.0. The van der Waals surface area contributed by atoms with Crippen LogP contribution in [0.2, 0.25) is 0 Å². The first-order valence-corrected chi connectivity index (χ1v) is 6.82. The fourth-order valence-electron chi connectivity index (χ4n) is 3.37. The van der Waals surface area contributed by atoms with Crippen molar-refractivity contribution in [3.8, 4) is 6.07 Å². The number of nitrogens with zero attached hydrogens (tertiary/aromatic N) is 1. The second-order valence-electron chi connectivity index (χ2n) is 5.52. The van der Waals surface area contributed by atoms with Crippen LogP contribution < -0.4 is 5.32 Å². The Bertz CT molecular complexity index is 657. The summed E-state index contributed by atoms with van der Waals surface area (Å²) < 4.78 is 0. The SMILES string of the molecule is N#Cc1ccc(NC(=O)[C@H]2C3C=CC(C3)[C@H]2C(=O)O)cc1. The van der Waals surface area contributed by atoms with Crippen LogP contribution in [0.5, 0.6) is 0 Å². The van der Waals surface area contributed by atoms with Gasteiger partial charge in [-0.3, -0.25) is 9.59 Å². The third-order valence-corrected chi connectivity index (χ3v) is 4.33. The molecule has 106 valence electrons. The molecule has 2 N–H and O–H groups in total. The molecule has 5 heteroatoms. The number of carboxylic acid groups (broad SMARTS) is 1. The van der Waals surface area contributed by atoms with E-state index in [0.717, 1.165) is 6.42 Å². The van der Waals surface area contributed by atoms with Gasteiger partial charge in [0.05, 0.1) is 23.5 Å². The van der Waals surface area contributed by atoms with Crippen LogP contribution in [-0.4, -0.2) is 17.0 Å². The van der Waals surface area contributed by atoms with Crippen LogP contribution in [0, 0.1) is 35.0 Å². The van der Waals surface area contributed by atoms with Crippen LogP contribution in [-0.2, 0) is 9.59 Å². The molecule has 0 saturated heterocycles. The van der Waals surface area contributed by atoms with Gasteiger partial charge >= 0.3 is 5.97 Å². The molecule has 1 aromatic carbocycles. The molecule has 0 spiro atoms. The molecule has 0 aliphatic heterocycles. The first-order valence-electron chi connectivity index (χ1n) is 6.82. The summed E-state index contributed by atoms with van der Waals surface area (Å²) in [5.74, 6) is -2.36. The summed E-state index contributed by atoms with van der Waals surface area (Å²) in [5.41, 5.74) is 1.09. The number of carboxylic acids is 1. The summed E-state index contributed by atoms with van der Waals surface area (Å²) in [7, 11) is 0. The predicted molar refractivity (Wildman–Crippen MR) is 75.1 cm³/mol. The van der Waals surface area contributed by atoms with Gasteiger partial charge in [0.25, 0.3) is 0 Å². The quantitative estimate of drug-likeness (QED) is 0.830. The maximum atomic E-state index is 12.4. The van der Waals surface area contributed by atoms with E-state index < -0.39 is 17.8 Å². The number of nitrogens with one attached hydrogen (secondary N) is 1. The molecule has 21 heavy (non-hydrogen) atoms. The largest absolute Gasteiger partial charge is 0.481 e. The summed E-state index contributed by atoms with van der Waals surface area (Å²) >= 11 is 0. The van der Waals surface area contributed by atoms with Gasteiger partial charge in [-0.2, -0.15) is 5.26 Å². The maximum Gasteiger partial charge on any atom is 0.307 e. The van der Waals surface area contributed by atoms with Gasteiger partial charge < -0.3 is 10.4 Å². The third kappa shape index (κ3) is 2.29. The van der Waals surface area contributed by atoms with Crippen molar-refractivity contribution in [1.82, 2.24) is 0 Å². The van der Waals surface area contributed by atoms with Gasteiger partial charge in [0.15, 0.2) is 0 Å². The number of allylic oxidation sites excluding steroid dienone is 2. The Kier molecular flexibility index (Phi) is 3.22. The zero-order valence-electron chi connectivity index (χ0n) is 11.2. The third-order valence-electron chi connectivity index (χ3n) is 4.33. The second-order valence-corrected chi connectivity index (χ2v) is 5.52. The van der Waals surface area contributed by atoms with Gasteiger partial charge in [0, 0.05) is 5.69 Å². The zero-order valence-corrected chi connectivity index (χ0v) is 11.2. The number of rotatable bonds is 3. The summed E-state index contributed by atoms with van der Waals surface area (Å²) in [4.78, 5) is 23.8. The Morgan fingerprint density at radius 2 is 1.76 bits per heavy atom. The van der Waals surface area contributed by atoms with E-state index >= 15 is 0 Å². The molecule has 3 rings (SSSR count). The number of carbonyl (C=O) groups is 2. The van der Waals surface area contributed by atoms with E-state index in [0.29, 0.717) is 11.3 Å². The maximum absolute atomic E-state index is 12.4. The summed E-state index contributed by atoms with van der Waals surface area (Å²) in [6.07, 6.45) is 4.60. The molecule has 2 aliphatic rings. The molecule has 2 aliphatic carbocycles. The number of benzene rings is 1. The molecular weight excluding hydrogens is 268 g/mol. The van der Waals surface area contributed by atoms with Crippen molar-refractivity contribution in [3.63, 3.8) is 0 Å². The normalized spacial score (nSPS) is 29.1. The monoisotopic (exact) mass is 282 g/mol.